The van der Waals surface area contributed by atoms with Crippen LogP contribution in [0.2, 0.25) is 0 Å². The molecule has 28 heavy (non-hydrogen) atoms. The highest BCUT2D eigenvalue weighted by molar-refractivity contribution is 5.73. The zero-order valence-electron chi connectivity index (χ0n) is 17.0. The summed E-state index contributed by atoms with van der Waals surface area (Å²) in [5, 5.41) is 3.12. The van der Waals surface area contributed by atoms with Crippen LogP contribution in [0.3, 0.4) is 0 Å². The molecule has 2 aliphatic heterocycles. The van der Waals surface area contributed by atoms with Gasteiger partial charge < -0.3 is 5.32 Å². The first-order chi connectivity index (χ1) is 13.5. The number of nitrogens with zero attached hydrogens (tertiary/aromatic N) is 2. The predicted molar refractivity (Wildman–Crippen MR) is 114 cm³/mol. The lowest BCUT2D eigenvalue weighted by atomic mass is 9.84. The van der Waals surface area contributed by atoms with Gasteiger partial charge in [0.1, 0.15) is 0 Å². The second-order valence-electron chi connectivity index (χ2n) is 8.55. The minimum atomic E-state index is 0.0897. The maximum absolute atomic E-state index is 11.4. The normalized spacial score (nSPS) is 22.4. The highest BCUT2D eigenvalue weighted by Crippen LogP contribution is 2.37. The number of amides is 1. The Morgan fingerprint density at radius 2 is 1.68 bits per heavy atom. The minimum Gasteiger partial charge on any atom is -0.352 e. The highest BCUT2D eigenvalue weighted by Gasteiger charge is 2.45. The fraction of sp³-hybridized carbons (Fsp3) is 0.458. The Balaban J connectivity index is 1.33. The van der Waals surface area contributed by atoms with Gasteiger partial charge in [-0.3, -0.25) is 14.6 Å². The Morgan fingerprint density at radius 3 is 2.32 bits per heavy atom. The van der Waals surface area contributed by atoms with E-state index >= 15 is 0 Å². The second-order valence-corrected chi connectivity index (χ2v) is 8.55. The number of piperidine rings is 1. The van der Waals surface area contributed by atoms with Crippen molar-refractivity contribution in [3.8, 4) is 11.1 Å². The van der Waals surface area contributed by atoms with Crippen molar-refractivity contribution >= 4 is 5.91 Å². The third-order valence-corrected chi connectivity index (χ3v) is 6.59. The van der Waals surface area contributed by atoms with Crippen molar-refractivity contribution in [2.45, 2.75) is 44.3 Å². The average Bonchev–Trinajstić information content (AvgIpc) is 2.99. The maximum atomic E-state index is 11.4. The van der Waals surface area contributed by atoms with E-state index in [1.165, 1.54) is 29.5 Å². The number of rotatable bonds is 4. The molecule has 2 aromatic carbocycles. The van der Waals surface area contributed by atoms with Crippen LogP contribution in [0.1, 0.15) is 31.7 Å². The monoisotopic (exact) mass is 377 g/mol. The molecule has 148 valence electrons. The zero-order chi connectivity index (χ0) is 19.6. The summed E-state index contributed by atoms with van der Waals surface area (Å²) in [6.45, 7) is 5.86. The van der Waals surface area contributed by atoms with Gasteiger partial charge in [0.25, 0.3) is 0 Å². The second kappa shape index (κ2) is 8.06. The predicted octanol–water partition coefficient (Wildman–Crippen LogP) is 3.53. The van der Waals surface area contributed by atoms with Crippen LogP contribution in [-0.4, -0.2) is 54.0 Å². The fourth-order valence-corrected chi connectivity index (χ4v) is 4.99. The third kappa shape index (κ3) is 4.13. The molecule has 2 aromatic rings. The lowest BCUT2D eigenvalue weighted by molar-refractivity contribution is -0.119. The first kappa shape index (κ1) is 19.2. The smallest absolute Gasteiger partial charge is 0.217 e. The molecule has 1 unspecified atom stereocenters. The minimum absolute atomic E-state index is 0.0897. The molecule has 4 heteroatoms. The van der Waals surface area contributed by atoms with E-state index in [1.807, 2.05) is 0 Å². The molecule has 1 N–H and O–H groups in total. The number of likely N-dealkylation sites (tertiary alicyclic amines) is 2. The first-order valence-corrected chi connectivity index (χ1v) is 10.4. The number of carbonyl (C=O) groups excluding carboxylic acids is 1. The number of nitrogens with one attached hydrogen (secondary N) is 1. The molecule has 2 fully saturated rings. The van der Waals surface area contributed by atoms with Crippen molar-refractivity contribution in [2.24, 2.45) is 0 Å². The molecule has 2 heterocycles. The highest BCUT2D eigenvalue weighted by atomic mass is 16.1. The summed E-state index contributed by atoms with van der Waals surface area (Å²) >= 11 is 0. The summed E-state index contributed by atoms with van der Waals surface area (Å²) in [5.41, 5.74) is 4.19. The van der Waals surface area contributed by atoms with Gasteiger partial charge in [-0.05, 0) is 43.0 Å². The molecule has 0 aromatic heterocycles. The molecule has 0 saturated carbocycles. The van der Waals surface area contributed by atoms with Crippen molar-refractivity contribution in [2.75, 3.05) is 26.7 Å². The fourth-order valence-electron chi connectivity index (χ4n) is 4.99. The van der Waals surface area contributed by atoms with Crippen molar-refractivity contribution < 1.29 is 4.79 Å². The van der Waals surface area contributed by atoms with Crippen LogP contribution in [0.5, 0.6) is 0 Å². The van der Waals surface area contributed by atoms with Gasteiger partial charge in [-0.25, -0.2) is 0 Å². The molecular weight excluding hydrogens is 346 g/mol. The van der Waals surface area contributed by atoms with Crippen molar-refractivity contribution in [3.63, 3.8) is 0 Å². The van der Waals surface area contributed by atoms with Crippen LogP contribution in [0.15, 0.2) is 54.6 Å². The van der Waals surface area contributed by atoms with Gasteiger partial charge in [-0.2, -0.15) is 0 Å². The van der Waals surface area contributed by atoms with Crippen LogP contribution >= 0.6 is 0 Å². The molecule has 0 aliphatic carbocycles. The summed E-state index contributed by atoms with van der Waals surface area (Å²) < 4.78 is 0. The van der Waals surface area contributed by atoms with E-state index in [0.29, 0.717) is 6.04 Å². The SMILES string of the molecule is CC(=O)NC1CN(C)C2(CCN(Cc3ccc(-c4ccccc4)cc3)CC2)C1. The molecule has 1 atom stereocenters. The molecule has 4 rings (SSSR count). The van der Waals surface area contributed by atoms with Gasteiger partial charge in [-0.1, -0.05) is 54.6 Å². The summed E-state index contributed by atoms with van der Waals surface area (Å²) in [7, 11) is 2.22. The van der Waals surface area contributed by atoms with Crippen LogP contribution in [0, 0.1) is 0 Å². The summed E-state index contributed by atoms with van der Waals surface area (Å²) in [6, 6.07) is 19.9. The van der Waals surface area contributed by atoms with Crippen LogP contribution in [0.25, 0.3) is 11.1 Å². The number of hydrogen-bond donors (Lipinski definition) is 1. The number of benzene rings is 2. The van der Waals surface area contributed by atoms with E-state index in [2.05, 4.69) is 76.8 Å². The van der Waals surface area contributed by atoms with E-state index in [-0.39, 0.29) is 11.4 Å². The van der Waals surface area contributed by atoms with E-state index < -0.39 is 0 Å². The van der Waals surface area contributed by atoms with E-state index in [0.717, 1.165) is 32.6 Å². The Bertz CT molecular complexity index is 794. The summed E-state index contributed by atoms with van der Waals surface area (Å²) in [5.74, 6) is 0.0897. The molecule has 2 saturated heterocycles. The largest absolute Gasteiger partial charge is 0.352 e. The van der Waals surface area contributed by atoms with Crippen LogP contribution < -0.4 is 5.32 Å². The Labute approximate surface area is 168 Å². The molecule has 1 amide bonds. The van der Waals surface area contributed by atoms with Gasteiger partial charge in [0.2, 0.25) is 5.91 Å². The lowest BCUT2D eigenvalue weighted by Crippen LogP contribution is -2.50. The molecule has 1 spiro atoms. The van der Waals surface area contributed by atoms with Crippen LogP contribution in [-0.2, 0) is 11.3 Å². The first-order valence-electron chi connectivity index (χ1n) is 10.4. The van der Waals surface area contributed by atoms with Gasteiger partial charge in [0, 0.05) is 44.7 Å². The van der Waals surface area contributed by atoms with Gasteiger partial charge in [0.15, 0.2) is 0 Å². The van der Waals surface area contributed by atoms with E-state index in [9.17, 15) is 4.79 Å². The molecular formula is C24H31N3O. The van der Waals surface area contributed by atoms with Crippen molar-refractivity contribution in [3.05, 3.63) is 60.2 Å². The Hall–Kier alpha value is -2.17. The average molecular weight is 378 g/mol. The Morgan fingerprint density at radius 1 is 1.04 bits per heavy atom. The van der Waals surface area contributed by atoms with Gasteiger partial charge in [0.05, 0.1) is 0 Å². The quantitative estimate of drug-likeness (QED) is 0.885. The molecule has 2 aliphatic rings. The van der Waals surface area contributed by atoms with E-state index in [4.69, 9.17) is 0 Å². The summed E-state index contributed by atoms with van der Waals surface area (Å²) in [4.78, 5) is 16.5. The zero-order valence-corrected chi connectivity index (χ0v) is 17.0. The lowest BCUT2D eigenvalue weighted by Gasteiger charge is -2.43. The van der Waals surface area contributed by atoms with Gasteiger partial charge in [-0.15, -0.1) is 0 Å². The number of likely N-dealkylation sites (N-methyl/N-ethyl adjacent to an activating group) is 1. The van der Waals surface area contributed by atoms with Crippen molar-refractivity contribution in [1.29, 1.82) is 0 Å². The van der Waals surface area contributed by atoms with Crippen LogP contribution in [0.4, 0.5) is 0 Å². The number of carbonyl (C=O) groups is 1. The molecule has 4 nitrogen and oxygen atoms in total. The third-order valence-electron chi connectivity index (χ3n) is 6.59. The Kier molecular flexibility index (Phi) is 5.51. The van der Waals surface area contributed by atoms with E-state index in [1.54, 1.807) is 6.92 Å². The maximum Gasteiger partial charge on any atom is 0.217 e. The summed E-state index contributed by atoms with van der Waals surface area (Å²) in [6.07, 6.45) is 3.45. The van der Waals surface area contributed by atoms with Crippen molar-refractivity contribution in [1.82, 2.24) is 15.1 Å². The number of hydrogen-bond acceptors (Lipinski definition) is 3. The molecule has 0 radical (unpaired) electrons. The molecule has 0 bridgehead atoms. The topological polar surface area (TPSA) is 35.6 Å². The van der Waals surface area contributed by atoms with Gasteiger partial charge >= 0.3 is 0 Å². The standard InChI is InChI=1S/C24H31N3O/c1-19(28)25-23-16-24(26(2)18-23)12-14-27(15-13-24)17-20-8-10-22(11-9-20)21-6-4-3-5-7-21/h3-11,23H,12-18H2,1-2H3,(H,25,28).